The van der Waals surface area contributed by atoms with E-state index in [9.17, 15) is 19.2 Å². The van der Waals surface area contributed by atoms with Crippen LogP contribution in [-0.4, -0.2) is 48.2 Å². The van der Waals surface area contributed by atoms with Crippen LogP contribution in [0, 0.1) is 5.41 Å². The minimum absolute atomic E-state index is 0.0624. The molecule has 40 heavy (non-hydrogen) atoms. The first-order chi connectivity index (χ1) is 18.8. The number of aliphatic carboxylic acids is 1. The van der Waals surface area contributed by atoms with Gasteiger partial charge in [0.1, 0.15) is 12.1 Å². The molecule has 0 aliphatic carbocycles. The number of carboxylic acids is 1. The number of carboxylic acid groups (broad SMARTS) is 1. The first kappa shape index (κ1) is 35.9. The van der Waals surface area contributed by atoms with Gasteiger partial charge in [0.05, 0.1) is 7.11 Å². The third-order valence-electron chi connectivity index (χ3n) is 5.43. The average molecular weight is 560 g/mol. The first-order valence-electron chi connectivity index (χ1n) is 13.1. The van der Waals surface area contributed by atoms with E-state index in [2.05, 4.69) is 10.6 Å². The molecule has 2 unspecified atom stereocenters. The molecule has 0 aromatic heterocycles. The molecule has 0 rings (SSSR count). The Kier molecular flexibility index (Phi) is 17.9. The molecule has 2 atom stereocenters. The minimum atomic E-state index is -1.09. The van der Waals surface area contributed by atoms with Crippen LogP contribution in [0.5, 0.6) is 0 Å². The van der Waals surface area contributed by atoms with Gasteiger partial charge in [-0.2, -0.15) is 0 Å². The summed E-state index contributed by atoms with van der Waals surface area (Å²) in [6.45, 7) is 9.32. The summed E-state index contributed by atoms with van der Waals surface area (Å²) in [6, 6.07) is -0.797. The van der Waals surface area contributed by atoms with E-state index in [0.717, 1.165) is 18.4 Å². The topological polar surface area (TPSA) is 157 Å². The van der Waals surface area contributed by atoms with Crippen LogP contribution in [0.4, 0.5) is 4.79 Å². The van der Waals surface area contributed by atoms with E-state index in [4.69, 9.17) is 20.3 Å². The number of ether oxygens (including phenoxy) is 2. The number of allylic oxidation sites excluding steroid dienone is 7. The van der Waals surface area contributed by atoms with Gasteiger partial charge in [0.2, 0.25) is 11.8 Å². The van der Waals surface area contributed by atoms with Gasteiger partial charge in [-0.25, -0.2) is 9.59 Å². The Morgan fingerprint density at radius 3 is 2.20 bits per heavy atom. The van der Waals surface area contributed by atoms with Gasteiger partial charge < -0.3 is 30.9 Å². The molecule has 0 spiro atoms. The van der Waals surface area contributed by atoms with Crippen molar-refractivity contribution in [3.05, 3.63) is 72.2 Å². The Labute approximate surface area is 237 Å². The number of hydrogen-bond acceptors (Lipinski definition) is 6. The number of carbonyl (C=O) groups is 4. The van der Waals surface area contributed by atoms with Crippen LogP contribution in [0.3, 0.4) is 0 Å². The number of primary amides is 1. The molecule has 0 heterocycles. The van der Waals surface area contributed by atoms with Crippen LogP contribution >= 0.6 is 0 Å². The van der Waals surface area contributed by atoms with Crippen molar-refractivity contribution < 1.29 is 33.8 Å². The summed E-state index contributed by atoms with van der Waals surface area (Å²) in [5.41, 5.74) is 5.55. The van der Waals surface area contributed by atoms with Gasteiger partial charge in [0.15, 0.2) is 5.76 Å². The Hall–Kier alpha value is -4.08. The van der Waals surface area contributed by atoms with Crippen molar-refractivity contribution in [1.29, 1.82) is 0 Å². The highest BCUT2D eigenvalue weighted by Crippen LogP contribution is 2.19. The molecule has 222 valence electrons. The van der Waals surface area contributed by atoms with E-state index in [0.29, 0.717) is 19.3 Å². The van der Waals surface area contributed by atoms with Gasteiger partial charge in [-0.05, 0) is 50.8 Å². The number of rotatable bonds is 17. The molecule has 0 aliphatic rings. The lowest BCUT2D eigenvalue weighted by molar-refractivity contribution is -0.136. The lowest BCUT2D eigenvalue weighted by atomic mass is 9.86. The van der Waals surface area contributed by atoms with Gasteiger partial charge in [-0.1, -0.05) is 68.9 Å². The molecule has 0 saturated heterocycles. The van der Waals surface area contributed by atoms with E-state index >= 15 is 0 Å². The Bertz CT molecular complexity index is 1010. The monoisotopic (exact) mass is 559 g/mol. The highest BCUT2D eigenvalue weighted by Gasteiger charge is 2.31. The SMILES string of the molecule is C/C=C\CC(C/C=C\NC(=O)C(NC(=O)\C=C/C=C\C(C)=C\CCC/C=C(/OC)C(=O)O)C(C)(C)C)OC(N)=O. The van der Waals surface area contributed by atoms with Crippen LogP contribution in [0.1, 0.15) is 66.7 Å². The predicted molar refractivity (Wildman–Crippen MR) is 156 cm³/mol. The van der Waals surface area contributed by atoms with E-state index in [1.54, 1.807) is 24.3 Å². The number of methoxy groups -OCH3 is 1. The Balaban J connectivity index is 4.88. The summed E-state index contributed by atoms with van der Waals surface area (Å²) in [7, 11) is 1.33. The number of nitrogens with two attached hydrogens (primary N) is 1. The molecule has 10 nitrogen and oxygen atoms in total. The predicted octanol–water partition coefficient (Wildman–Crippen LogP) is 4.81. The van der Waals surface area contributed by atoms with E-state index < -0.39 is 35.5 Å². The highest BCUT2D eigenvalue weighted by atomic mass is 16.6. The zero-order valence-corrected chi connectivity index (χ0v) is 24.4. The fourth-order valence-corrected chi connectivity index (χ4v) is 3.31. The maximum absolute atomic E-state index is 12.8. The van der Waals surface area contributed by atoms with Crippen LogP contribution < -0.4 is 16.4 Å². The van der Waals surface area contributed by atoms with Crippen LogP contribution in [0.25, 0.3) is 0 Å². The van der Waals surface area contributed by atoms with Crippen molar-refractivity contribution in [3.63, 3.8) is 0 Å². The minimum Gasteiger partial charge on any atom is -0.490 e. The third-order valence-corrected chi connectivity index (χ3v) is 5.43. The second-order valence-electron chi connectivity index (χ2n) is 9.99. The Morgan fingerprint density at radius 2 is 1.62 bits per heavy atom. The molecule has 0 aliphatic heterocycles. The number of amides is 3. The van der Waals surface area contributed by atoms with Crippen molar-refractivity contribution >= 4 is 23.9 Å². The molecule has 0 fully saturated rings. The van der Waals surface area contributed by atoms with Crippen molar-refractivity contribution in [3.8, 4) is 0 Å². The van der Waals surface area contributed by atoms with E-state index in [-0.39, 0.29) is 11.7 Å². The summed E-state index contributed by atoms with van der Waals surface area (Å²) in [4.78, 5) is 47.2. The normalized spacial score (nSPS) is 14.6. The van der Waals surface area contributed by atoms with Crippen LogP contribution in [-0.2, 0) is 23.9 Å². The average Bonchev–Trinajstić information content (AvgIpc) is 2.86. The Morgan fingerprint density at radius 1 is 1.00 bits per heavy atom. The second-order valence-corrected chi connectivity index (χ2v) is 9.99. The van der Waals surface area contributed by atoms with Crippen molar-refractivity contribution in [2.45, 2.75) is 78.9 Å². The summed E-state index contributed by atoms with van der Waals surface area (Å²) in [5, 5.41) is 14.3. The van der Waals surface area contributed by atoms with Gasteiger partial charge in [0, 0.05) is 18.9 Å². The van der Waals surface area contributed by atoms with E-state index in [1.165, 1.54) is 19.4 Å². The van der Waals surface area contributed by atoms with Gasteiger partial charge in [0.25, 0.3) is 0 Å². The lowest BCUT2D eigenvalue weighted by Gasteiger charge is -2.29. The van der Waals surface area contributed by atoms with Gasteiger partial charge in [-0.3, -0.25) is 9.59 Å². The number of carbonyl (C=O) groups excluding carboxylic acids is 3. The summed E-state index contributed by atoms with van der Waals surface area (Å²) < 4.78 is 9.83. The van der Waals surface area contributed by atoms with Gasteiger partial charge in [-0.15, -0.1) is 0 Å². The molecule has 0 saturated carbocycles. The summed E-state index contributed by atoms with van der Waals surface area (Å²) >= 11 is 0. The number of hydrogen-bond donors (Lipinski definition) is 4. The van der Waals surface area contributed by atoms with Crippen molar-refractivity contribution in [2.24, 2.45) is 11.1 Å². The highest BCUT2D eigenvalue weighted by molar-refractivity contribution is 5.93. The van der Waals surface area contributed by atoms with Crippen molar-refractivity contribution in [1.82, 2.24) is 10.6 Å². The molecule has 0 aromatic carbocycles. The molecule has 5 N–H and O–H groups in total. The number of nitrogens with one attached hydrogen (secondary N) is 2. The maximum Gasteiger partial charge on any atom is 0.404 e. The molecule has 0 aromatic rings. The zero-order chi connectivity index (χ0) is 30.6. The van der Waals surface area contributed by atoms with Crippen LogP contribution in [0.15, 0.2) is 72.2 Å². The summed E-state index contributed by atoms with van der Waals surface area (Å²) in [6.07, 6.45) is 18.6. The fourth-order valence-electron chi connectivity index (χ4n) is 3.31. The quantitative estimate of drug-likeness (QED) is 0.0655. The standard InChI is InChI=1S/C30H45N3O7/c1-7-8-17-23(40-29(31)38)18-14-21-32-27(35)26(30(3,4)5)33-25(34)20-13-12-16-22(2)15-10-9-11-19-24(39-6)28(36)37/h7-8,12-16,19-21,23,26H,9-11,17-18H2,1-6H3,(H2,31,38)(H,32,35)(H,33,34)(H,36,37)/b8-7-,16-12-,20-13-,21-14-,22-15+,24-19+. The number of unbranched alkanes of at least 4 members (excludes halogenated alkanes) is 2. The van der Waals surface area contributed by atoms with E-state index in [1.807, 2.05) is 58.9 Å². The second kappa shape index (κ2) is 19.9. The lowest BCUT2D eigenvalue weighted by Crippen LogP contribution is -2.52. The largest absolute Gasteiger partial charge is 0.490 e. The zero-order valence-electron chi connectivity index (χ0n) is 24.4. The van der Waals surface area contributed by atoms with Crippen molar-refractivity contribution in [2.75, 3.05) is 7.11 Å². The smallest absolute Gasteiger partial charge is 0.404 e. The van der Waals surface area contributed by atoms with Crippen LogP contribution in [0.2, 0.25) is 0 Å². The molecule has 10 heteroatoms. The maximum atomic E-state index is 12.8. The molecule has 0 radical (unpaired) electrons. The van der Waals surface area contributed by atoms with Gasteiger partial charge >= 0.3 is 12.1 Å². The first-order valence-corrected chi connectivity index (χ1v) is 13.1. The molecular formula is C30H45N3O7. The summed E-state index contributed by atoms with van der Waals surface area (Å²) in [5.74, 6) is -1.94. The molecule has 0 bridgehead atoms. The molecular weight excluding hydrogens is 514 g/mol. The fraction of sp³-hybridized carbons (Fsp3) is 0.467. The molecule has 3 amide bonds. The third kappa shape index (κ3) is 17.4.